The van der Waals surface area contributed by atoms with Crippen LogP contribution in [0.15, 0.2) is 24.3 Å². The molecular formula is C18H30N2O. The minimum absolute atomic E-state index is 0.205. The van der Waals surface area contributed by atoms with Gasteiger partial charge in [0.05, 0.1) is 6.61 Å². The molecule has 1 aromatic rings. The van der Waals surface area contributed by atoms with Gasteiger partial charge < -0.3 is 10.4 Å². The van der Waals surface area contributed by atoms with Crippen LogP contribution in [0.25, 0.3) is 0 Å². The van der Waals surface area contributed by atoms with Gasteiger partial charge in [-0.15, -0.1) is 0 Å². The molecule has 0 bridgehead atoms. The third-order valence-corrected chi connectivity index (χ3v) is 4.28. The van der Waals surface area contributed by atoms with Gasteiger partial charge in [0.15, 0.2) is 0 Å². The number of aliphatic hydroxyl groups is 1. The van der Waals surface area contributed by atoms with E-state index in [0.717, 1.165) is 26.2 Å². The first kappa shape index (κ1) is 16.5. The average molecular weight is 290 g/mol. The Kier molecular flexibility index (Phi) is 5.80. The molecule has 0 spiro atoms. The summed E-state index contributed by atoms with van der Waals surface area (Å²) < 4.78 is 0. The minimum atomic E-state index is 0.205. The van der Waals surface area contributed by atoms with Crippen LogP contribution in [-0.4, -0.2) is 42.3 Å². The Morgan fingerprint density at radius 3 is 2.48 bits per heavy atom. The molecule has 0 radical (unpaired) electrons. The lowest BCUT2D eigenvalue weighted by Crippen LogP contribution is -2.38. The van der Waals surface area contributed by atoms with Gasteiger partial charge in [-0.3, -0.25) is 4.90 Å². The summed E-state index contributed by atoms with van der Waals surface area (Å²) in [5.74, 6) is 0. The molecule has 0 saturated carbocycles. The van der Waals surface area contributed by atoms with Gasteiger partial charge in [0.2, 0.25) is 0 Å². The quantitative estimate of drug-likeness (QED) is 0.845. The van der Waals surface area contributed by atoms with Gasteiger partial charge in [0, 0.05) is 25.7 Å². The fourth-order valence-electron chi connectivity index (χ4n) is 2.97. The zero-order valence-corrected chi connectivity index (χ0v) is 13.7. The van der Waals surface area contributed by atoms with E-state index in [2.05, 4.69) is 55.3 Å². The van der Waals surface area contributed by atoms with E-state index >= 15 is 0 Å². The van der Waals surface area contributed by atoms with E-state index in [1.54, 1.807) is 0 Å². The smallest absolute Gasteiger partial charge is 0.0558 e. The van der Waals surface area contributed by atoms with Gasteiger partial charge in [-0.2, -0.15) is 0 Å². The van der Waals surface area contributed by atoms with Crippen molar-refractivity contribution in [2.75, 3.05) is 26.2 Å². The third kappa shape index (κ3) is 5.10. The summed E-state index contributed by atoms with van der Waals surface area (Å²) in [6, 6.07) is 9.52. The Hall–Kier alpha value is -0.900. The number of nitrogens with zero attached hydrogens (tertiary/aromatic N) is 1. The third-order valence-electron chi connectivity index (χ3n) is 4.28. The van der Waals surface area contributed by atoms with Crippen LogP contribution in [0.4, 0.5) is 0 Å². The fourth-order valence-corrected chi connectivity index (χ4v) is 2.97. The van der Waals surface area contributed by atoms with Gasteiger partial charge in [-0.25, -0.2) is 0 Å². The lowest BCUT2D eigenvalue weighted by Gasteiger charge is -2.25. The normalized spacial score (nSPS) is 19.4. The molecule has 1 atom stereocenters. The Bertz CT molecular complexity index is 416. The van der Waals surface area contributed by atoms with E-state index in [-0.39, 0.29) is 12.0 Å². The molecule has 1 saturated heterocycles. The number of benzene rings is 1. The molecule has 3 nitrogen and oxygen atoms in total. The number of hydrogen-bond donors (Lipinski definition) is 2. The average Bonchev–Trinajstić information content (AvgIpc) is 2.91. The molecule has 118 valence electrons. The molecule has 1 fully saturated rings. The lowest BCUT2D eigenvalue weighted by atomic mass is 9.87. The summed E-state index contributed by atoms with van der Waals surface area (Å²) >= 11 is 0. The van der Waals surface area contributed by atoms with E-state index in [4.69, 9.17) is 0 Å². The highest BCUT2D eigenvalue weighted by Gasteiger charge is 2.18. The second-order valence-electron chi connectivity index (χ2n) is 7.20. The maximum Gasteiger partial charge on any atom is 0.0558 e. The Labute approximate surface area is 129 Å². The van der Waals surface area contributed by atoms with Crippen molar-refractivity contribution in [2.45, 2.75) is 51.6 Å². The summed E-state index contributed by atoms with van der Waals surface area (Å²) in [5, 5.41) is 12.8. The fraction of sp³-hybridized carbons (Fsp3) is 0.667. The van der Waals surface area contributed by atoms with Crippen molar-refractivity contribution in [3.05, 3.63) is 35.4 Å². The summed E-state index contributed by atoms with van der Waals surface area (Å²) in [4.78, 5) is 2.36. The van der Waals surface area contributed by atoms with E-state index in [9.17, 15) is 5.11 Å². The molecule has 21 heavy (non-hydrogen) atoms. The van der Waals surface area contributed by atoms with E-state index in [0.29, 0.717) is 6.04 Å². The predicted molar refractivity (Wildman–Crippen MR) is 88.5 cm³/mol. The zero-order chi connectivity index (χ0) is 15.3. The van der Waals surface area contributed by atoms with Crippen molar-refractivity contribution >= 4 is 0 Å². The molecule has 2 rings (SSSR count). The van der Waals surface area contributed by atoms with Gasteiger partial charge in [-0.1, -0.05) is 45.0 Å². The second kappa shape index (κ2) is 7.39. The molecule has 1 unspecified atom stereocenters. The monoisotopic (exact) mass is 290 g/mol. The van der Waals surface area contributed by atoms with Crippen molar-refractivity contribution < 1.29 is 5.11 Å². The van der Waals surface area contributed by atoms with E-state index < -0.39 is 0 Å². The zero-order valence-electron chi connectivity index (χ0n) is 13.7. The SMILES string of the molecule is CC(C)(C)c1ccc(CN(CCO)CC2CCCN2)cc1. The van der Waals surface area contributed by atoms with Crippen molar-refractivity contribution in [3.8, 4) is 0 Å². The number of nitrogens with one attached hydrogen (secondary N) is 1. The highest BCUT2D eigenvalue weighted by atomic mass is 16.3. The molecule has 1 heterocycles. The molecule has 1 aromatic carbocycles. The molecule has 1 aliphatic heterocycles. The molecule has 2 N–H and O–H groups in total. The van der Waals surface area contributed by atoms with Crippen LogP contribution in [0.1, 0.15) is 44.7 Å². The first-order chi connectivity index (χ1) is 9.99. The van der Waals surface area contributed by atoms with Crippen molar-refractivity contribution in [2.24, 2.45) is 0 Å². The highest BCUT2D eigenvalue weighted by molar-refractivity contribution is 5.27. The summed E-state index contributed by atoms with van der Waals surface area (Å²) in [7, 11) is 0. The van der Waals surface area contributed by atoms with Crippen LogP contribution in [0.5, 0.6) is 0 Å². The van der Waals surface area contributed by atoms with Crippen molar-refractivity contribution in [3.63, 3.8) is 0 Å². The number of hydrogen-bond acceptors (Lipinski definition) is 3. The van der Waals surface area contributed by atoms with Gasteiger partial charge >= 0.3 is 0 Å². The molecule has 1 aliphatic rings. The standard InChI is InChI=1S/C18H30N2O/c1-18(2,3)16-8-6-15(7-9-16)13-20(11-12-21)14-17-5-4-10-19-17/h6-9,17,19,21H,4-5,10-14H2,1-3H3. The Balaban J connectivity index is 1.95. The molecule has 0 aromatic heterocycles. The summed E-state index contributed by atoms with van der Waals surface area (Å²) in [6.45, 7) is 10.8. The first-order valence-electron chi connectivity index (χ1n) is 8.15. The molecular weight excluding hydrogens is 260 g/mol. The van der Waals surface area contributed by atoms with Crippen LogP contribution in [0.2, 0.25) is 0 Å². The van der Waals surface area contributed by atoms with Crippen molar-refractivity contribution in [1.82, 2.24) is 10.2 Å². The second-order valence-corrected chi connectivity index (χ2v) is 7.20. The van der Waals surface area contributed by atoms with Crippen LogP contribution in [0, 0.1) is 0 Å². The van der Waals surface area contributed by atoms with Crippen LogP contribution in [0.3, 0.4) is 0 Å². The minimum Gasteiger partial charge on any atom is -0.395 e. The van der Waals surface area contributed by atoms with Crippen LogP contribution < -0.4 is 5.32 Å². The Morgan fingerprint density at radius 2 is 1.95 bits per heavy atom. The molecule has 3 heteroatoms. The maximum atomic E-state index is 9.28. The highest BCUT2D eigenvalue weighted by Crippen LogP contribution is 2.22. The first-order valence-corrected chi connectivity index (χ1v) is 8.15. The maximum absolute atomic E-state index is 9.28. The van der Waals surface area contributed by atoms with Gasteiger partial charge in [0.1, 0.15) is 0 Å². The van der Waals surface area contributed by atoms with E-state index in [1.807, 2.05) is 0 Å². The van der Waals surface area contributed by atoms with Crippen LogP contribution >= 0.6 is 0 Å². The number of rotatable bonds is 6. The molecule has 0 aliphatic carbocycles. The topological polar surface area (TPSA) is 35.5 Å². The molecule has 0 amide bonds. The summed E-state index contributed by atoms with van der Waals surface area (Å²) in [5.41, 5.74) is 2.91. The van der Waals surface area contributed by atoms with Gasteiger partial charge in [0.25, 0.3) is 0 Å². The largest absolute Gasteiger partial charge is 0.395 e. The predicted octanol–water partition coefficient (Wildman–Crippen LogP) is 2.53. The Morgan fingerprint density at radius 1 is 1.24 bits per heavy atom. The lowest BCUT2D eigenvalue weighted by molar-refractivity contribution is 0.179. The number of aliphatic hydroxyl groups excluding tert-OH is 1. The van der Waals surface area contributed by atoms with E-state index in [1.165, 1.54) is 24.0 Å². The summed E-state index contributed by atoms with van der Waals surface area (Å²) in [6.07, 6.45) is 2.53. The van der Waals surface area contributed by atoms with Crippen molar-refractivity contribution in [1.29, 1.82) is 0 Å². The van der Waals surface area contributed by atoms with Gasteiger partial charge in [-0.05, 0) is 35.9 Å². The van der Waals surface area contributed by atoms with Crippen LogP contribution in [-0.2, 0) is 12.0 Å².